The van der Waals surface area contributed by atoms with Crippen molar-refractivity contribution in [3.63, 3.8) is 0 Å². The van der Waals surface area contributed by atoms with Crippen LogP contribution < -0.4 is 5.73 Å². The van der Waals surface area contributed by atoms with E-state index in [1.807, 2.05) is 0 Å². The third kappa shape index (κ3) is 4.97. The van der Waals surface area contributed by atoms with Crippen LogP contribution in [0.25, 0.3) is 21.8 Å². The highest BCUT2D eigenvalue weighted by Crippen LogP contribution is 2.16. The molecule has 24 heavy (non-hydrogen) atoms. The molecule has 0 fully saturated rings. The van der Waals surface area contributed by atoms with E-state index in [4.69, 9.17) is 16.4 Å². The van der Waals surface area contributed by atoms with Crippen LogP contribution in [-0.2, 0) is 17.6 Å². The molecule has 10 nitrogen and oxygen atoms in total. The molecule has 1 aromatic heterocycles. The first-order chi connectivity index (χ1) is 11.6. The molecule has 124 valence electrons. The summed E-state index contributed by atoms with van der Waals surface area (Å²) in [5.41, 5.74) is 15.2. The van der Waals surface area contributed by atoms with E-state index >= 15 is 0 Å². The summed E-state index contributed by atoms with van der Waals surface area (Å²) in [5, 5.41) is 28.3. The summed E-state index contributed by atoms with van der Waals surface area (Å²) in [6, 6.07) is 6.16. The lowest BCUT2D eigenvalue weighted by Gasteiger charge is -2.07. The number of hydrogen-bond donors (Lipinski definition) is 2. The largest absolute Gasteiger partial charge is 0.480 e. The SMILES string of the molecule is [N-]=[N+]=NCCCc1nnc(-c2cccc(C[C@H](N)C(=O)O)c2)nn1. The Kier molecular flexibility index (Phi) is 6.12. The number of hydrogen-bond acceptors (Lipinski definition) is 7. The topological polar surface area (TPSA) is 164 Å². The maximum Gasteiger partial charge on any atom is 0.320 e. The lowest BCUT2D eigenvalue weighted by atomic mass is 10.0. The second-order valence-electron chi connectivity index (χ2n) is 5.05. The van der Waals surface area contributed by atoms with Crippen molar-refractivity contribution in [2.45, 2.75) is 25.3 Å². The molecule has 0 unspecified atom stereocenters. The maximum absolute atomic E-state index is 10.8. The van der Waals surface area contributed by atoms with Crippen molar-refractivity contribution in [3.8, 4) is 11.4 Å². The number of aliphatic carboxylic acids is 1. The monoisotopic (exact) mass is 328 g/mol. The molecule has 0 aliphatic rings. The van der Waals surface area contributed by atoms with Gasteiger partial charge in [0, 0.05) is 23.4 Å². The Morgan fingerprint density at radius 3 is 2.75 bits per heavy atom. The summed E-state index contributed by atoms with van der Waals surface area (Å²) in [7, 11) is 0. The molecule has 0 radical (unpaired) electrons. The second-order valence-corrected chi connectivity index (χ2v) is 5.05. The molecule has 0 saturated carbocycles. The number of aryl methyl sites for hydroxylation is 1. The molecule has 3 N–H and O–H groups in total. The Morgan fingerprint density at radius 1 is 1.33 bits per heavy atom. The standard InChI is InChI=1S/C14H16N8O2/c15-11(14(23)24)8-9-3-1-4-10(7-9)13-20-18-12(19-21-13)5-2-6-17-22-16/h1,3-4,7,11H,2,5-6,8,15H2,(H,23,24)/t11-/m0/s1. The summed E-state index contributed by atoms with van der Waals surface area (Å²) in [5.74, 6) is -0.236. The van der Waals surface area contributed by atoms with Crippen LogP contribution >= 0.6 is 0 Å². The normalized spacial score (nSPS) is 11.5. The first-order valence-corrected chi connectivity index (χ1v) is 7.25. The lowest BCUT2D eigenvalue weighted by molar-refractivity contribution is -0.138. The van der Waals surface area contributed by atoms with E-state index in [-0.39, 0.29) is 6.42 Å². The van der Waals surface area contributed by atoms with Crippen molar-refractivity contribution < 1.29 is 9.90 Å². The minimum Gasteiger partial charge on any atom is -0.480 e. The van der Waals surface area contributed by atoms with E-state index in [1.165, 1.54) is 0 Å². The fourth-order valence-corrected chi connectivity index (χ4v) is 2.00. The summed E-state index contributed by atoms with van der Waals surface area (Å²) >= 11 is 0. The molecule has 1 atom stereocenters. The number of benzene rings is 1. The summed E-state index contributed by atoms with van der Waals surface area (Å²) in [4.78, 5) is 13.5. The highest BCUT2D eigenvalue weighted by atomic mass is 16.4. The van der Waals surface area contributed by atoms with Gasteiger partial charge in [0.15, 0.2) is 5.82 Å². The van der Waals surface area contributed by atoms with Crippen LogP contribution in [0.3, 0.4) is 0 Å². The smallest absolute Gasteiger partial charge is 0.320 e. The van der Waals surface area contributed by atoms with Crippen LogP contribution in [0, 0.1) is 0 Å². The average molecular weight is 328 g/mol. The van der Waals surface area contributed by atoms with Crippen molar-refractivity contribution in [2.24, 2.45) is 10.8 Å². The molecule has 0 bridgehead atoms. The van der Waals surface area contributed by atoms with Gasteiger partial charge in [0.05, 0.1) is 0 Å². The van der Waals surface area contributed by atoms with E-state index in [0.717, 1.165) is 5.56 Å². The molecule has 0 saturated heterocycles. The number of rotatable bonds is 8. The Bertz CT molecular complexity index is 743. The van der Waals surface area contributed by atoms with Gasteiger partial charge in [0.25, 0.3) is 0 Å². The second kappa shape index (κ2) is 8.51. The Balaban J connectivity index is 2.05. The van der Waals surface area contributed by atoms with Crippen LogP contribution in [-0.4, -0.2) is 44.1 Å². The number of azide groups is 1. The first-order valence-electron chi connectivity index (χ1n) is 7.25. The van der Waals surface area contributed by atoms with Gasteiger partial charge < -0.3 is 10.8 Å². The molecule has 0 aliphatic carbocycles. The van der Waals surface area contributed by atoms with E-state index in [2.05, 4.69) is 30.4 Å². The molecule has 2 aromatic rings. The summed E-state index contributed by atoms with van der Waals surface area (Å²) in [6.45, 7) is 0.369. The van der Waals surface area contributed by atoms with Gasteiger partial charge >= 0.3 is 5.97 Å². The fourth-order valence-electron chi connectivity index (χ4n) is 2.00. The van der Waals surface area contributed by atoms with E-state index in [0.29, 0.717) is 36.6 Å². The highest BCUT2D eigenvalue weighted by Gasteiger charge is 2.13. The van der Waals surface area contributed by atoms with E-state index in [1.54, 1.807) is 24.3 Å². The first kappa shape index (κ1) is 17.3. The van der Waals surface area contributed by atoms with Gasteiger partial charge in [-0.2, -0.15) is 0 Å². The minimum atomic E-state index is -1.05. The van der Waals surface area contributed by atoms with Crippen LogP contribution in [0.4, 0.5) is 0 Å². The average Bonchev–Trinajstić information content (AvgIpc) is 2.59. The van der Waals surface area contributed by atoms with Gasteiger partial charge in [-0.15, -0.1) is 20.4 Å². The Morgan fingerprint density at radius 2 is 2.08 bits per heavy atom. The number of nitrogens with zero attached hydrogens (tertiary/aromatic N) is 7. The number of carboxylic acids is 1. The Labute approximate surface area is 137 Å². The van der Waals surface area contributed by atoms with Crippen molar-refractivity contribution in [1.29, 1.82) is 0 Å². The minimum absolute atomic E-state index is 0.210. The summed E-state index contributed by atoms with van der Waals surface area (Å²) < 4.78 is 0. The van der Waals surface area contributed by atoms with Crippen molar-refractivity contribution in [3.05, 3.63) is 46.1 Å². The van der Waals surface area contributed by atoms with Gasteiger partial charge in [-0.25, -0.2) is 0 Å². The number of carbonyl (C=O) groups is 1. The zero-order valence-electron chi connectivity index (χ0n) is 12.8. The van der Waals surface area contributed by atoms with E-state index in [9.17, 15) is 4.79 Å². The predicted octanol–water partition coefficient (Wildman–Crippen LogP) is 1.13. The van der Waals surface area contributed by atoms with Gasteiger partial charge in [-0.3, -0.25) is 4.79 Å². The van der Waals surface area contributed by atoms with Crippen LogP contribution in [0.1, 0.15) is 17.8 Å². The van der Waals surface area contributed by atoms with Crippen molar-refractivity contribution >= 4 is 5.97 Å². The molecule has 1 heterocycles. The molecule has 2 rings (SSSR count). The summed E-state index contributed by atoms with van der Waals surface area (Å²) in [6.07, 6.45) is 1.35. The number of nitrogens with two attached hydrogens (primary N) is 1. The third-order valence-corrected chi connectivity index (χ3v) is 3.20. The van der Waals surface area contributed by atoms with Gasteiger partial charge in [-0.05, 0) is 30.0 Å². The fraction of sp³-hybridized carbons (Fsp3) is 0.357. The molecule has 10 heteroatoms. The van der Waals surface area contributed by atoms with Gasteiger partial charge in [-0.1, -0.05) is 23.3 Å². The third-order valence-electron chi connectivity index (χ3n) is 3.20. The quantitative estimate of drug-likeness (QED) is 0.317. The van der Waals surface area contributed by atoms with Crippen molar-refractivity contribution in [2.75, 3.05) is 6.54 Å². The van der Waals surface area contributed by atoms with Crippen LogP contribution in [0.15, 0.2) is 29.4 Å². The van der Waals surface area contributed by atoms with Gasteiger partial charge in [0.1, 0.15) is 6.04 Å². The lowest BCUT2D eigenvalue weighted by Crippen LogP contribution is -2.32. The van der Waals surface area contributed by atoms with Crippen LogP contribution in [0.5, 0.6) is 0 Å². The molecule has 0 spiro atoms. The molecule has 1 aromatic carbocycles. The maximum atomic E-state index is 10.8. The van der Waals surface area contributed by atoms with E-state index < -0.39 is 12.0 Å². The number of aromatic nitrogens is 4. The predicted molar refractivity (Wildman–Crippen MR) is 84.7 cm³/mol. The van der Waals surface area contributed by atoms with Gasteiger partial charge in [0.2, 0.25) is 5.82 Å². The molecule has 0 aliphatic heterocycles. The zero-order chi connectivity index (χ0) is 17.4. The molecular formula is C14H16N8O2. The molecular weight excluding hydrogens is 312 g/mol. The molecule has 0 amide bonds. The number of carboxylic acid groups (broad SMARTS) is 1. The Hall–Kier alpha value is -3.10. The highest BCUT2D eigenvalue weighted by molar-refractivity contribution is 5.73. The van der Waals surface area contributed by atoms with Crippen LogP contribution in [0.2, 0.25) is 0 Å². The van der Waals surface area contributed by atoms with Crippen molar-refractivity contribution in [1.82, 2.24) is 20.4 Å². The zero-order valence-corrected chi connectivity index (χ0v) is 12.8.